The molecule has 1 atom stereocenters. The zero-order valence-corrected chi connectivity index (χ0v) is 12.8. The van der Waals surface area contributed by atoms with Gasteiger partial charge in [-0.05, 0) is 47.3 Å². The van der Waals surface area contributed by atoms with Gasteiger partial charge in [-0.25, -0.2) is 9.97 Å². The highest BCUT2D eigenvalue weighted by molar-refractivity contribution is 5.47. The lowest BCUT2D eigenvalue weighted by atomic mass is 10.2. The third-order valence-electron chi connectivity index (χ3n) is 2.93. The lowest BCUT2D eigenvalue weighted by Crippen LogP contribution is -2.18. The van der Waals surface area contributed by atoms with Gasteiger partial charge in [0, 0.05) is 18.7 Å². The molecule has 0 aliphatic carbocycles. The fourth-order valence-corrected chi connectivity index (χ4v) is 1.70. The molecule has 0 aliphatic rings. The first-order chi connectivity index (χ1) is 9.01. The second kappa shape index (κ2) is 7.94. The summed E-state index contributed by atoms with van der Waals surface area (Å²) in [5.74, 6) is 2.59. The SMILES string of the molecule is CCC(C)Nc1cc(NCCCN(C)C)nc(C)n1. The molecule has 19 heavy (non-hydrogen) atoms. The molecule has 108 valence electrons. The van der Waals surface area contributed by atoms with Gasteiger partial charge in [0.25, 0.3) is 0 Å². The third-order valence-corrected chi connectivity index (χ3v) is 2.93. The number of rotatable bonds is 8. The monoisotopic (exact) mass is 265 g/mol. The Hall–Kier alpha value is -1.36. The normalized spacial score (nSPS) is 12.5. The molecule has 0 bridgehead atoms. The van der Waals surface area contributed by atoms with Crippen LogP contribution in [-0.4, -0.2) is 48.1 Å². The van der Waals surface area contributed by atoms with E-state index in [2.05, 4.69) is 53.4 Å². The van der Waals surface area contributed by atoms with E-state index < -0.39 is 0 Å². The van der Waals surface area contributed by atoms with Gasteiger partial charge in [-0.15, -0.1) is 0 Å². The Morgan fingerprint density at radius 2 is 1.95 bits per heavy atom. The Balaban J connectivity index is 2.53. The van der Waals surface area contributed by atoms with Crippen LogP contribution in [0.1, 0.15) is 32.5 Å². The van der Waals surface area contributed by atoms with Crippen molar-refractivity contribution in [1.82, 2.24) is 14.9 Å². The molecule has 1 aromatic rings. The first-order valence-electron chi connectivity index (χ1n) is 7.02. The van der Waals surface area contributed by atoms with Gasteiger partial charge < -0.3 is 15.5 Å². The molecule has 0 aliphatic heterocycles. The van der Waals surface area contributed by atoms with E-state index in [4.69, 9.17) is 0 Å². The summed E-state index contributed by atoms with van der Waals surface area (Å²) in [7, 11) is 4.17. The smallest absolute Gasteiger partial charge is 0.132 e. The van der Waals surface area contributed by atoms with Gasteiger partial charge in [0.15, 0.2) is 0 Å². The van der Waals surface area contributed by atoms with Crippen molar-refractivity contribution in [2.75, 3.05) is 37.8 Å². The molecular formula is C14H27N5. The summed E-state index contributed by atoms with van der Waals surface area (Å²) in [6.45, 7) is 8.24. The predicted molar refractivity (Wildman–Crippen MR) is 81.8 cm³/mol. The van der Waals surface area contributed by atoms with E-state index in [1.54, 1.807) is 0 Å². The van der Waals surface area contributed by atoms with Crippen molar-refractivity contribution in [2.45, 2.75) is 39.7 Å². The third kappa shape index (κ3) is 6.38. The average molecular weight is 265 g/mol. The second-order valence-corrected chi connectivity index (χ2v) is 5.22. The van der Waals surface area contributed by atoms with Crippen LogP contribution >= 0.6 is 0 Å². The number of nitrogens with one attached hydrogen (secondary N) is 2. The molecule has 0 fully saturated rings. The summed E-state index contributed by atoms with van der Waals surface area (Å²) < 4.78 is 0. The van der Waals surface area contributed by atoms with Crippen LogP contribution in [0.2, 0.25) is 0 Å². The van der Waals surface area contributed by atoms with E-state index in [0.717, 1.165) is 43.4 Å². The zero-order chi connectivity index (χ0) is 14.3. The van der Waals surface area contributed by atoms with Gasteiger partial charge in [-0.1, -0.05) is 6.92 Å². The minimum Gasteiger partial charge on any atom is -0.370 e. The topological polar surface area (TPSA) is 53.1 Å². The first kappa shape index (κ1) is 15.7. The fourth-order valence-electron chi connectivity index (χ4n) is 1.70. The Labute approximate surface area is 116 Å². The van der Waals surface area contributed by atoms with Crippen LogP contribution < -0.4 is 10.6 Å². The van der Waals surface area contributed by atoms with Gasteiger partial charge in [0.2, 0.25) is 0 Å². The number of nitrogens with zero attached hydrogens (tertiary/aromatic N) is 3. The van der Waals surface area contributed by atoms with Crippen molar-refractivity contribution in [2.24, 2.45) is 0 Å². The van der Waals surface area contributed by atoms with Crippen molar-refractivity contribution in [1.29, 1.82) is 0 Å². The Bertz CT molecular complexity index is 378. The molecule has 2 N–H and O–H groups in total. The molecule has 1 unspecified atom stereocenters. The predicted octanol–water partition coefficient (Wildman–Crippen LogP) is 2.36. The largest absolute Gasteiger partial charge is 0.370 e. The Morgan fingerprint density at radius 3 is 2.58 bits per heavy atom. The van der Waals surface area contributed by atoms with E-state index in [1.807, 2.05) is 13.0 Å². The summed E-state index contributed by atoms with van der Waals surface area (Å²) in [6, 6.07) is 2.41. The zero-order valence-electron chi connectivity index (χ0n) is 12.8. The van der Waals surface area contributed by atoms with Crippen molar-refractivity contribution in [3.05, 3.63) is 11.9 Å². The standard InChI is InChI=1S/C14H27N5/c1-6-11(2)16-14-10-13(17-12(3)18-14)15-8-7-9-19(4)5/h10-11H,6-9H2,1-5H3,(H2,15,16,17,18). The van der Waals surface area contributed by atoms with Crippen molar-refractivity contribution in [3.8, 4) is 0 Å². The molecule has 0 amide bonds. The molecule has 1 aromatic heterocycles. The Morgan fingerprint density at radius 1 is 1.26 bits per heavy atom. The van der Waals surface area contributed by atoms with Gasteiger partial charge in [-0.2, -0.15) is 0 Å². The lowest BCUT2D eigenvalue weighted by molar-refractivity contribution is 0.405. The first-order valence-corrected chi connectivity index (χ1v) is 7.02. The Kier molecular flexibility index (Phi) is 6.56. The lowest BCUT2D eigenvalue weighted by Gasteiger charge is -2.14. The molecule has 5 nitrogen and oxygen atoms in total. The molecule has 0 radical (unpaired) electrons. The maximum absolute atomic E-state index is 4.41. The molecule has 0 spiro atoms. The van der Waals surface area contributed by atoms with Gasteiger partial charge in [0.1, 0.15) is 17.5 Å². The molecule has 0 aromatic carbocycles. The molecule has 0 saturated heterocycles. The van der Waals surface area contributed by atoms with Crippen LogP contribution in [0.4, 0.5) is 11.6 Å². The molecule has 1 heterocycles. The van der Waals surface area contributed by atoms with E-state index >= 15 is 0 Å². The minimum absolute atomic E-state index is 0.427. The summed E-state index contributed by atoms with van der Waals surface area (Å²) in [4.78, 5) is 11.0. The van der Waals surface area contributed by atoms with Crippen LogP contribution in [0.5, 0.6) is 0 Å². The fraction of sp³-hybridized carbons (Fsp3) is 0.714. The maximum atomic E-state index is 4.41. The van der Waals surface area contributed by atoms with Crippen LogP contribution in [0.25, 0.3) is 0 Å². The highest BCUT2D eigenvalue weighted by Crippen LogP contribution is 2.12. The molecule has 5 heteroatoms. The highest BCUT2D eigenvalue weighted by Gasteiger charge is 2.04. The van der Waals surface area contributed by atoms with Crippen molar-refractivity contribution >= 4 is 11.6 Å². The van der Waals surface area contributed by atoms with Gasteiger partial charge >= 0.3 is 0 Å². The van der Waals surface area contributed by atoms with E-state index in [9.17, 15) is 0 Å². The number of aryl methyl sites for hydroxylation is 1. The highest BCUT2D eigenvalue weighted by atomic mass is 15.1. The maximum Gasteiger partial charge on any atom is 0.132 e. The summed E-state index contributed by atoms with van der Waals surface area (Å²) in [5.41, 5.74) is 0. The number of aromatic nitrogens is 2. The second-order valence-electron chi connectivity index (χ2n) is 5.22. The molecular weight excluding hydrogens is 238 g/mol. The van der Waals surface area contributed by atoms with E-state index in [1.165, 1.54) is 0 Å². The van der Waals surface area contributed by atoms with Crippen molar-refractivity contribution < 1.29 is 0 Å². The van der Waals surface area contributed by atoms with Crippen LogP contribution in [-0.2, 0) is 0 Å². The van der Waals surface area contributed by atoms with E-state index in [0.29, 0.717) is 6.04 Å². The van der Waals surface area contributed by atoms with Gasteiger partial charge in [0.05, 0.1) is 0 Å². The molecule has 1 rings (SSSR count). The minimum atomic E-state index is 0.427. The summed E-state index contributed by atoms with van der Waals surface area (Å²) in [5, 5.41) is 6.74. The van der Waals surface area contributed by atoms with Crippen molar-refractivity contribution in [3.63, 3.8) is 0 Å². The summed E-state index contributed by atoms with van der Waals surface area (Å²) >= 11 is 0. The average Bonchev–Trinajstić information content (AvgIpc) is 2.33. The molecule has 0 saturated carbocycles. The number of anilines is 2. The van der Waals surface area contributed by atoms with Crippen LogP contribution in [0, 0.1) is 6.92 Å². The summed E-state index contributed by atoms with van der Waals surface area (Å²) in [6.07, 6.45) is 2.18. The van der Waals surface area contributed by atoms with Crippen LogP contribution in [0.15, 0.2) is 6.07 Å². The quantitative estimate of drug-likeness (QED) is 0.707. The van der Waals surface area contributed by atoms with E-state index in [-0.39, 0.29) is 0 Å². The number of hydrogen-bond donors (Lipinski definition) is 2. The van der Waals surface area contributed by atoms with Crippen LogP contribution in [0.3, 0.4) is 0 Å². The van der Waals surface area contributed by atoms with Gasteiger partial charge in [-0.3, -0.25) is 0 Å². The number of hydrogen-bond acceptors (Lipinski definition) is 5.